The average Bonchev–Trinajstić information content (AvgIpc) is 3.26. The molecule has 1 aromatic carbocycles. The zero-order valence-corrected chi connectivity index (χ0v) is 18.6. The van der Waals surface area contributed by atoms with Gasteiger partial charge in [0.05, 0.1) is 0 Å². The van der Waals surface area contributed by atoms with Gasteiger partial charge in [-0.15, -0.1) is 0 Å². The molecule has 2 nitrogen and oxygen atoms in total. The van der Waals surface area contributed by atoms with Crippen molar-refractivity contribution in [2.75, 3.05) is 5.32 Å². The minimum atomic E-state index is 0.319. The Morgan fingerprint density at radius 1 is 1.20 bits per heavy atom. The highest BCUT2D eigenvalue weighted by Gasteiger charge is 2.42. The summed E-state index contributed by atoms with van der Waals surface area (Å²) in [5.41, 5.74) is 5.36. The molecule has 1 aromatic rings. The van der Waals surface area contributed by atoms with Gasteiger partial charge in [-0.05, 0) is 55.4 Å². The van der Waals surface area contributed by atoms with E-state index in [0.717, 1.165) is 42.2 Å². The minimum absolute atomic E-state index is 0.319. The molecule has 1 N–H and O–H groups in total. The molecule has 0 radical (unpaired) electrons. The van der Waals surface area contributed by atoms with Crippen molar-refractivity contribution < 1.29 is 4.74 Å². The van der Waals surface area contributed by atoms with Gasteiger partial charge in [0.1, 0.15) is 11.5 Å². The molecule has 0 amide bonds. The maximum atomic E-state index is 6.02. The monoisotopic (exact) mass is 399 g/mol. The van der Waals surface area contributed by atoms with Gasteiger partial charge in [0, 0.05) is 29.3 Å². The Balaban J connectivity index is 1.50. The summed E-state index contributed by atoms with van der Waals surface area (Å²) in [6, 6.07) is 6.25. The van der Waals surface area contributed by atoms with Crippen LogP contribution in [-0.2, 0) is 6.42 Å². The van der Waals surface area contributed by atoms with Gasteiger partial charge < -0.3 is 10.1 Å². The van der Waals surface area contributed by atoms with E-state index in [1.54, 1.807) is 0 Å². The molecular formula is C28H33NO. The highest BCUT2D eigenvalue weighted by Crippen LogP contribution is 2.52. The van der Waals surface area contributed by atoms with Gasteiger partial charge in [-0.3, -0.25) is 0 Å². The molecule has 4 rings (SSSR count). The van der Waals surface area contributed by atoms with Crippen molar-refractivity contribution in [2.45, 2.75) is 47.0 Å². The van der Waals surface area contributed by atoms with Crippen LogP contribution in [0.25, 0.3) is 0 Å². The van der Waals surface area contributed by atoms with E-state index in [9.17, 15) is 0 Å². The topological polar surface area (TPSA) is 21.3 Å². The minimum Gasteiger partial charge on any atom is -0.461 e. The summed E-state index contributed by atoms with van der Waals surface area (Å²) in [4.78, 5) is 0. The number of benzene rings is 1. The maximum Gasteiger partial charge on any atom is 0.132 e. The second-order valence-corrected chi connectivity index (χ2v) is 9.23. The first-order valence-electron chi connectivity index (χ1n) is 11.1. The van der Waals surface area contributed by atoms with Gasteiger partial charge in [0.2, 0.25) is 0 Å². The number of nitrogens with one attached hydrogen (secondary N) is 1. The van der Waals surface area contributed by atoms with Crippen LogP contribution in [0.1, 0.15) is 46.1 Å². The van der Waals surface area contributed by atoms with E-state index in [1.807, 2.05) is 0 Å². The lowest BCUT2D eigenvalue weighted by atomic mass is 9.77. The van der Waals surface area contributed by atoms with Crippen LogP contribution in [0.2, 0.25) is 0 Å². The van der Waals surface area contributed by atoms with Crippen LogP contribution in [0.5, 0.6) is 5.75 Å². The van der Waals surface area contributed by atoms with Gasteiger partial charge in [-0.1, -0.05) is 74.9 Å². The first-order valence-corrected chi connectivity index (χ1v) is 11.1. The van der Waals surface area contributed by atoms with E-state index in [-0.39, 0.29) is 0 Å². The first-order chi connectivity index (χ1) is 14.5. The molecule has 1 heterocycles. The van der Waals surface area contributed by atoms with Crippen LogP contribution in [0.15, 0.2) is 89.9 Å². The van der Waals surface area contributed by atoms with Crippen molar-refractivity contribution in [3.63, 3.8) is 0 Å². The average molecular weight is 400 g/mol. The first kappa shape index (κ1) is 20.5. The highest BCUT2D eigenvalue weighted by atomic mass is 16.5. The molecule has 0 bridgehead atoms. The van der Waals surface area contributed by atoms with Crippen molar-refractivity contribution >= 4 is 5.69 Å². The van der Waals surface area contributed by atoms with Crippen molar-refractivity contribution in [3.05, 3.63) is 95.5 Å². The molecule has 2 aliphatic carbocycles. The van der Waals surface area contributed by atoms with Crippen molar-refractivity contribution in [1.82, 2.24) is 0 Å². The second kappa shape index (κ2) is 8.55. The highest BCUT2D eigenvalue weighted by molar-refractivity contribution is 5.63. The Bertz CT molecular complexity index is 984. The third kappa shape index (κ3) is 4.23. The fraction of sp³-hybridized carbons (Fsp3) is 0.357. The van der Waals surface area contributed by atoms with Crippen LogP contribution < -0.4 is 10.1 Å². The second-order valence-electron chi connectivity index (χ2n) is 9.23. The Morgan fingerprint density at radius 2 is 2.03 bits per heavy atom. The number of hydrogen-bond donors (Lipinski definition) is 1. The summed E-state index contributed by atoms with van der Waals surface area (Å²) in [6.07, 6.45) is 23.0. The Labute approximate surface area is 181 Å². The SMILES string of the molecule is CC/C=C\C=C1/Cc2c(N/C(C)=C/C=C3\CC(C)(C)C4C=CC=CC34)cccc2O1. The Morgan fingerprint density at radius 3 is 2.87 bits per heavy atom. The van der Waals surface area contributed by atoms with Gasteiger partial charge in [-0.25, -0.2) is 0 Å². The van der Waals surface area contributed by atoms with Crippen LogP contribution >= 0.6 is 0 Å². The molecule has 0 spiro atoms. The number of anilines is 1. The molecule has 1 aliphatic heterocycles. The maximum absolute atomic E-state index is 6.02. The van der Waals surface area contributed by atoms with Crippen molar-refractivity contribution in [3.8, 4) is 5.75 Å². The predicted octanol–water partition coefficient (Wildman–Crippen LogP) is 7.50. The zero-order chi connectivity index (χ0) is 21.1. The largest absolute Gasteiger partial charge is 0.461 e. The van der Waals surface area contributed by atoms with Crippen LogP contribution in [0.4, 0.5) is 5.69 Å². The van der Waals surface area contributed by atoms with Gasteiger partial charge in [0.25, 0.3) is 0 Å². The summed E-state index contributed by atoms with van der Waals surface area (Å²) < 4.78 is 6.02. The summed E-state index contributed by atoms with van der Waals surface area (Å²) >= 11 is 0. The van der Waals surface area contributed by atoms with E-state index in [2.05, 4.69) is 106 Å². The lowest BCUT2D eigenvalue weighted by Gasteiger charge is -2.27. The number of allylic oxidation sites excluding steroid dienone is 12. The van der Waals surface area contributed by atoms with Crippen LogP contribution in [0, 0.1) is 17.3 Å². The van der Waals surface area contributed by atoms with Crippen molar-refractivity contribution in [1.29, 1.82) is 0 Å². The number of ether oxygens (including phenoxy) is 1. The molecule has 30 heavy (non-hydrogen) atoms. The quantitative estimate of drug-likeness (QED) is 0.553. The smallest absolute Gasteiger partial charge is 0.132 e. The fourth-order valence-electron chi connectivity index (χ4n) is 4.84. The van der Waals surface area contributed by atoms with Gasteiger partial charge in [-0.2, -0.15) is 0 Å². The molecular weight excluding hydrogens is 366 g/mol. The van der Waals surface area contributed by atoms with E-state index in [0.29, 0.717) is 17.3 Å². The van der Waals surface area contributed by atoms with Gasteiger partial charge in [0.15, 0.2) is 0 Å². The van der Waals surface area contributed by atoms with E-state index >= 15 is 0 Å². The van der Waals surface area contributed by atoms with E-state index in [4.69, 9.17) is 4.74 Å². The molecule has 1 saturated carbocycles. The molecule has 2 atom stereocenters. The van der Waals surface area contributed by atoms with Crippen LogP contribution in [0.3, 0.4) is 0 Å². The number of hydrogen-bond acceptors (Lipinski definition) is 2. The Hall–Kier alpha value is -2.74. The molecule has 1 fully saturated rings. The van der Waals surface area contributed by atoms with E-state index < -0.39 is 0 Å². The molecule has 0 saturated heterocycles. The normalized spacial score (nSPS) is 27.0. The number of fused-ring (bicyclic) bond motifs is 2. The molecule has 3 aliphatic rings. The molecule has 2 heteroatoms. The van der Waals surface area contributed by atoms with Gasteiger partial charge >= 0.3 is 0 Å². The predicted molar refractivity (Wildman–Crippen MR) is 127 cm³/mol. The number of rotatable bonds is 5. The summed E-state index contributed by atoms with van der Waals surface area (Å²) in [6.45, 7) is 9.05. The molecule has 0 aromatic heterocycles. The summed E-state index contributed by atoms with van der Waals surface area (Å²) in [5, 5.41) is 3.61. The zero-order valence-electron chi connectivity index (χ0n) is 18.6. The standard InChI is InChI=1S/C28H33NO/c1-5-6-7-11-22-18-24-26(14-10-15-27(24)30-22)29-20(2)16-17-21-19-28(3,4)25-13-9-8-12-23(21)25/h6-17,23,25,29H,5,18-19H2,1-4H3/b7-6-,20-16+,21-17+,22-11+. The third-order valence-corrected chi connectivity index (χ3v) is 6.38. The molecule has 2 unspecified atom stereocenters. The lowest BCUT2D eigenvalue weighted by Crippen LogP contribution is -2.20. The Kier molecular flexibility index (Phi) is 5.85. The van der Waals surface area contributed by atoms with Crippen LogP contribution in [-0.4, -0.2) is 0 Å². The lowest BCUT2D eigenvalue weighted by molar-refractivity contribution is 0.288. The summed E-state index contributed by atoms with van der Waals surface area (Å²) in [7, 11) is 0. The fourth-order valence-corrected chi connectivity index (χ4v) is 4.84. The van der Waals surface area contributed by atoms with E-state index in [1.165, 1.54) is 11.1 Å². The van der Waals surface area contributed by atoms with Crippen molar-refractivity contribution in [2.24, 2.45) is 17.3 Å². The molecule has 156 valence electrons. The summed E-state index contributed by atoms with van der Waals surface area (Å²) in [5.74, 6) is 3.11. The third-order valence-electron chi connectivity index (χ3n) is 6.38.